The van der Waals surface area contributed by atoms with Crippen LogP contribution in [0.3, 0.4) is 0 Å². The highest BCUT2D eigenvalue weighted by atomic mass is 16.5. The fraction of sp³-hybridized carbons (Fsp3) is 0.364. The Labute approximate surface area is 93.8 Å². The van der Waals surface area contributed by atoms with E-state index < -0.39 is 18.1 Å². The third-order valence-corrected chi connectivity index (χ3v) is 2.27. The summed E-state index contributed by atoms with van der Waals surface area (Å²) in [4.78, 5) is 11.1. The first-order valence-corrected chi connectivity index (χ1v) is 4.75. The van der Waals surface area contributed by atoms with Gasteiger partial charge in [0.25, 0.3) is 0 Å². The van der Waals surface area contributed by atoms with Gasteiger partial charge >= 0.3 is 5.97 Å². The minimum absolute atomic E-state index is 0.540. The van der Waals surface area contributed by atoms with Gasteiger partial charge < -0.3 is 20.3 Å². The summed E-state index contributed by atoms with van der Waals surface area (Å²) in [5, 5.41) is 9.79. The number of aliphatic hydroxyl groups is 1. The molecule has 3 N–H and O–H groups in total. The number of methoxy groups -OCH3 is 2. The molecule has 0 aromatic heterocycles. The Morgan fingerprint density at radius 2 is 1.88 bits per heavy atom. The largest absolute Gasteiger partial charge is 0.497 e. The van der Waals surface area contributed by atoms with Crippen LogP contribution in [-0.2, 0) is 9.53 Å². The zero-order valence-corrected chi connectivity index (χ0v) is 9.21. The number of carbonyl (C=O) groups is 1. The summed E-state index contributed by atoms with van der Waals surface area (Å²) < 4.78 is 9.42. The maximum Gasteiger partial charge on any atom is 0.325 e. The van der Waals surface area contributed by atoms with Crippen molar-refractivity contribution >= 4 is 5.97 Å². The molecule has 0 saturated carbocycles. The van der Waals surface area contributed by atoms with Gasteiger partial charge in [-0.2, -0.15) is 0 Å². The number of rotatable bonds is 4. The molecule has 0 amide bonds. The predicted octanol–water partition coefficient (Wildman–Crippen LogP) is 0.229. The maximum absolute atomic E-state index is 11.1. The van der Waals surface area contributed by atoms with Gasteiger partial charge in [-0.1, -0.05) is 12.1 Å². The lowest BCUT2D eigenvalue weighted by Crippen LogP contribution is -2.37. The average Bonchev–Trinajstić information content (AvgIpc) is 2.36. The van der Waals surface area contributed by atoms with Crippen LogP contribution < -0.4 is 10.5 Å². The quantitative estimate of drug-likeness (QED) is 0.717. The molecule has 0 radical (unpaired) electrons. The van der Waals surface area contributed by atoms with Gasteiger partial charge in [0.1, 0.15) is 17.9 Å². The van der Waals surface area contributed by atoms with Crippen LogP contribution in [0.15, 0.2) is 24.3 Å². The monoisotopic (exact) mass is 225 g/mol. The van der Waals surface area contributed by atoms with Crippen LogP contribution in [0.1, 0.15) is 11.7 Å². The van der Waals surface area contributed by atoms with Gasteiger partial charge in [0.15, 0.2) is 0 Å². The first-order chi connectivity index (χ1) is 7.60. The molecule has 2 atom stereocenters. The molecule has 5 heteroatoms. The second kappa shape index (κ2) is 5.48. The lowest BCUT2D eigenvalue weighted by atomic mass is 10.0. The van der Waals surface area contributed by atoms with Crippen molar-refractivity contribution in [1.82, 2.24) is 0 Å². The zero-order valence-electron chi connectivity index (χ0n) is 9.21. The molecule has 0 fully saturated rings. The van der Waals surface area contributed by atoms with E-state index in [2.05, 4.69) is 4.74 Å². The van der Waals surface area contributed by atoms with Gasteiger partial charge in [0.05, 0.1) is 14.2 Å². The summed E-state index contributed by atoms with van der Waals surface area (Å²) in [6.07, 6.45) is -1.08. The molecular weight excluding hydrogens is 210 g/mol. The Morgan fingerprint density at radius 1 is 1.31 bits per heavy atom. The minimum Gasteiger partial charge on any atom is -0.497 e. The van der Waals surface area contributed by atoms with E-state index in [9.17, 15) is 9.90 Å². The molecule has 0 bridgehead atoms. The van der Waals surface area contributed by atoms with Crippen molar-refractivity contribution in [2.45, 2.75) is 12.1 Å². The summed E-state index contributed by atoms with van der Waals surface area (Å²) in [6.45, 7) is 0. The van der Waals surface area contributed by atoms with Crippen molar-refractivity contribution in [2.24, 2.45) is 5.73 Å². The zero-order chi connectivity index (χ0) is 12.1. The van der Waals surface area contributed by atoms with Gasteiger partial charge in [0.2, 0.25) is 0 Å². The molecule has 0 aliphatic heterocycles. The van der Waals surface area contributed by atoms with Gasteiger partial charge in [-0.25, -0.2) is 0 Å². The molecule has 0 aliphatic rings. The minimum atomic E-state index is -1.08. The summed E-state index contributed by atoms with van der Waals surface area (Å²) in [7, 11) is 2.77. The average molecular weight is 225 g/mol. The molecule has 0 saturated heterocycles. The molecule has 2 unspecified atom stereocenters. The Bertz CT molecular complexity index is 350. The van der Waals surface area contributed by atoms with Crippen molar-refractivity contribution in [3.8, 4) is 5.75 Å². The highest BCUT2D eigenvalue weighted by molar-refractivity contribution is 5.76. The normalized spacial score (nSPS) is 14.0. The molecule has 1 aromatic rings. The standard InChI is InChI=1S/C11H15NO4/c1-15-8-5-3-7(4-6-8)10(13)9(12)11(14)16-2/h3-6,9-10,13H,12H2,1-2H3. The van der Waals surface area contributed by atoms with E-state index in [0.29, 0.717) is 11.3 Å². The van der Waals surface area contributed by atoms with Crippen molar-refractivity contribution in [3.63, 3.8) is 0 Å². The van der Waals surface area contributed by atoms with Gasteiger partial charge in [-0.05, 0) is 17.7 Å². The lowest BCUT2D eigenvalue weighted by molar-refractivity contribution is -0.145. The number of aliphatic hydroxyl groups excluding tert-OH is 1. The van der Waals surface area contributed by atoms with Crippen LogP contribution >= 0.6 is 0 Å². The Hall–Kier alpha value is -1.59. The van der Waals surface area contributed by atoms with Crippen LogP contribution in [0.25, 0.3) is 0 Å². The Kier molecular flexibility index (Phi) is 4.28. The Morgan fingerprint density at radius 3 is 2.31 bits per heavy atom. The van der Waals surface area contributed by atoms with E-state index in [4.69, 9.17) is 10.5 Å². The Balaban J connectivity index is 2.79. The van der Waals surface area contributed by atoms with Crippen LogP contribution in [0.5, 0.6) is 5.75 Å². The van der Waals surface area contributed by atoms with Gasteiger partial charge in [-0.3, -0.25) is 4.79 Å². The lowest BCUT2D eigenvalue weighted by Gasteiger charge is -2.17. The molecule has 0 spiro atoms. The van der Waals surface area contributed by atoms with Crippen molar-refractivity contribution in [2.75, 3.05) is 14.2 Å². The van der Waals surface area contributed by atoms with Crippen LogP contribution in [0.4, 0.5) is 0 Å². The van der Waals surface area contributed by atoms with E-state index in [0.717, 1.165) is 0 Å². The highest BCUT2D eigenvalue weighted by Crippen LogP contribution is 2.19. The van der Waals surface area contributed by atoms with E-state index in [1.165, 1.54) is 7.11 Å². The summed E-state index contributed by atoms with van der Waals surface area (Å²) in [5.41, 5.74) is 6.06. The molecule has 88 valence electrons. The number of ether oxygens (including phenoxy) is 2. The number of benzene rings is 1. The predicted molar refractivity (Wildman–Crippen MR) is 57.9 cm³/mol. The fourth-order valence-electron chi connectivity index (χ4n) is 1.27. The van der Waals surface area contributed by atoms with E-state index >= 15 is 0 Å². The number of hydrogen-bond acceptors (Lipinski definition) is 5. The second-order valence-electron chi connectivity index (χ2n) is 3.27. The third-order valence-electron chi connectivity index (χ3n) is 2.27. The van der Waals surface area contributed by atoms with E-state index in [1.54, 1.807) is 31.4 Å². The van der Waals surface area contributed by atoms with Crippen molar-refractivity contribution < 1.29 is 19.4 Å². The third kappa shape index (κ3) is 2.71. The van der Waals surface area contributed by atoms with E-state index in [-0.39, 0.29) is 0 Å². The smallest absolute Gasteiger partial charge is 0.325 e. The van der Waals surface area contributed by atoms with Crippen molar-refractivity contribution in [3.05, 3.63) is 29.8 Å². The second-order valence-corrected chi connectivity index (χ2v) is 3.27. The van der Waals surface area contributed by atoms with Gasteiger partial charge in [-0.15, -0.1) is 0 Å². The van der Waals surface area contributed by atoms with Crippen LogP contribution in [0, 0.1) is 0 Å². The number of esters is 1. The molecular formula is C11H15NO4. The molecule has 1 aromatic carbocycles. The number of carbonyl (C=O) groups excluding carboxylic acids is 1. The first kappa shape index (κ1) is 12.5. The molecule has 1 rings (SSSR count). The summed E-state index contributed by atoms with van der Waals surface area (Å²) in [5.74, 6) is 0.0194. The highest BCUT2D eigenvalue weighted by Gasteiger charge is 2.24. The topological polar surface area (TPSA) is 81.8 Å². The summed E-state index contributed by atoms with van der Waals surface area (Å²) >= 11 is 0. The molecule has 5 nitrogen and oxygen atoms in total. The number of nitrogens with two attached hydrogens (primary N) is 1. The van der Waals surface area contributed by atoms with Crippen LogP contribution in [0.2, 0.25) is 0 Å². The SMILES string of the molecule is COC(=O)C(N)C(O)c1ccc(OC)cc1. The maximum atomic E-state index is 11.1. The van der Waals surface area contributed by atoms with Gasteiger partial charge in [0, 0.05) is 0 Å². The number of hydrogen-bond donors (Lipinski definition) is 2. The summed E-state index contributed by atoms with van der Waals surface area (Å²) in [6, 6.07) is 5.57. The first-order valence-electron chi connectivity index (χ1n) is 4.75. The van der Waals surface area contributed by atoms with E-state index in [1.807, 2.05) is 0 Å². The molecule has 0 aliphatic carbocycles. The van der Waals surface area contributed by atoms with Crippen molar-refractivity contribution in [1.29, 1.82) is 0 Å². The fourth-order valence-corrected chi connectivity index (χ4v) is 1.27. The molecule has 16 heavy (non-hydrogen) atoms. The molecule has 0 heterocycles. The van der Waals surface area contributed by atoms with Crippen LogP contribution in [-0.4, -0.2) is 31.3 Å².